The van der Waals surface area contributed by atoms with Crippen molar-refractivity contribution in [2.45, 2.75) is 0 Å². The summed E-state index contributed by atoms with van der Waals surface area (Å²) in [5.41, 5.74) is 0.366. The van der Waals surface area contributed by atoms with Gasteiger partial charge in [-0.3, -0.25) is 9.59 Å². The first kappa shape index (κ1) is 16.1. The zero-order valence-electron chi connectivity index (χ0n) is 11.6. The molecule has 2 amide bonds. The number of benzene rings is 1. The number of carbonyl (C=O) groups excluding carboxylic acids is 2. The molecular weight excluding hydrogens is 315 g/mol. The van der Waals surface area contributed by atoms with E-state index in [0.717, 1.165) is 0 Å². The molecule has 0 saturated carbocycles. The molecule has 1 aromatic rings. The summed E-state index contributed by atoms with van der Waals surface area (Å²) in [5, 5.41) is 0.775. The Morgan fingerprint density at radius 3 is 2.33 bits per heavy atom. The van der Waals surface area contributed by atoms with Crippen LogP contribution in [0, 0.1) is 0 Å². The average Bonchev–Trinajstić information content (AvgIpc) is 2.46. The van der Waals surface area contributed by atoms with Crippen molar-refractivity contribution in [3.63, 3.8) is 0 Å². The first-order chi connectivity index (χ1) is 9.97. The van der Waals surface area contributed by atoms with E-state index in [4.69, 9.17) is 27.9 Å². The highest BCUT2D eigenvalue weighted by atomic mass is 35.5. The monoisotopic (exact) mass is 330 g/mol. The van der Waals surface area contributed by atoms with Gasteiger partial charge >= 0.3 is 0 Å². The Morgan fingerprint density at radius 1 is 1.19 bits per heavy atom. The van der Waals surface area contributed by atoms with Gasteiger partial charge in [0.2, 0.25) is 5.91 Å². The Bertz CT molecular complexity index is 525. The molecule has 114 valence electrons. The lowest BCUT2D eigenvalue weighted by atomic mass is 10.2. The molecule has 0 unspecified atom stereocenters. The maximum absolute atomic E-state index is 12.3. The van der Waals surface area contributed by atoms with Gasteiger partial charge in [-0.1, -0.05) is 23.2 Å². The molecule has 1 heterocycles. The molecule has 0 atom stereocenters. The molecule has 5 nitrogen and oxygen atoms in total. The predicted molar refractivity (Wildman–Crippen MR) is 80.8 cm³/mol. The molecule has 1 saturated heterocycles. The summed E-state index contributed by atoms with van der Waals surface area (Å²) in [6.07, 6.45) is 0. The quantitative estimate of drug-likeness (QED) is 0.850. The second-order valence-electron chi connectivity index (χ2n) is 4.81. The Balaban J connectivity index is 2.00. The minimum Gasteiger partial charge on any atom is -0.378 e. The zero-order chi connectivity index (χ0) is 15.4. The SMILES string of the molecule is CN(CC(=O)N1CCOCC1)C(=O)c1cc(Cl)cc(Cl)c1. The molecule has 0 radical (unpaired) electrons. The topological polar surface area (TPSA) is 49.9 Å². The lowest BCUT2D eigenvalue weighted by molar-refractivity contribution is -0.135. The van der Waals surface area contributed by atoms with E-state index >= 15 is 0 Å². The van der Waals surface area contributed by atoms with Crippen LogP contribution >= 0.6 is 23.2 Å². The van der Waals surface area contributed by atoms with Gasteiger partial charge in [-0.15, -0.1) is 0 Å². The van der Waals surface area contributed by atoms with Crippen LogP contribution < -0.4 is 0 Å². The van der Waals surface area contributed by atoms with E-state index in [9.17, 15) is 9.59 Å². The summed E-state index contributed by atoms with van der Waals surface area (Å²) < 4.78 is 5.19. The first-order valence-corrected chi connectivity index (χ1v) is 7.30. The summed E-state index contributed by atoms with van der Waals surface area (Å²) in [7, 11) is 1.58. The van der Waals surface area contributed by atoms with E-state index in [1.807, 2.05) is 0 Å². The molecule has 1 fully saturated rings. The average molecular weight is 331 g/mol. The molecule has 0 aromatic heterocycles. The molecule has 0 spiro atoms. The maximum Gasteiger partial charge on any atom is 0.254 e. The fourth-order valence-electron chi connectivity index (χ4n) is 2.09. The summed E-state index contributed by atoms with van der Waals surface area (Å²) in [5.74, 6) is -0.386. The minimum absolute atomic E-state index is 0.0168. The first-order valence-electron chi connectivity index (χ1n) is 6.54. The number of ether oxygens (including phenoxy) is 1. The number of carbonyl (C=O) groups is 2. The fraction of sp³-hybridized carbons (Fsp3) is 0.429. The molecule has 2 rings (SSSR count). The Kier molecular flexibility index (Phi) is 5.45. The van der Waals surface area contributed by atoms with Gasteiger partial charge in [-0.25, -0.2) is 0 Å². The second kappa shape index (κ2) is 7.11. The standard InChI is InChI=1S/C14H16Cl2N2O3/c1-17(9-13(19)18-2-4-21-5-3-18)14(20)10-6-11(15)8-12(16)7-10/h6-8H,2-5,9H2,1H3. The highest BCUT2D eigenvalue weighted by Gasteiger charge is 2.21. The highest BCUT2D eigenvalue weighted by Crippen LogP contribution is 2.20. The summed E-state index contributed by atoms with van der Waals surface area (Å²) in [6.45, 7) is 2.21. The number of halogens is 2. The molecule has 1 aromatic carbocycles. The van der Waals surface area contributed by atoms with Crippen molar-refractivity contribution in [2.75, 3.05) is 39.9 Å². The summed E-state index contributed by atoms with van der Waals surface area (Å²) in [6, 6.07) is 4.62. The van der Waals surface area contributed by atoms with Gasteiger partial charge in [0.15, 0.2) is 0 Å². The molecule has 0 bridgehead atoms. The van der Waals surface area contributed by atoms with Crippen LogP contribution in [0.4, 0.5) is 0 Å². The number of hydrogen-bond donors (Lipinski definition) is 0. The molecule has 0 N–H and O–H groups in total. The maximum atomic E-state index is 12.3. The lowest BCUT2D eigenvalue weighted by Crippen LogP contribution is -2.46. The van der Waals surface area contributed by atoms with Crippen LogP contribution in [-0.4, -0.2) is 61.5 Å². The van der Waals surface area contributed by atoms with Crippen LogP contribution in [-0.2, 0) is 9.53 Å². The minimum atomic E-state index is -0.291. The molecule has 7 heteroatoms. The third-order valence-electron chi connectivity index (χ3n) is 3.19. The smallest absolute Gasteiger partial charge is 0.254 e. The molecule has 1 aliphatic heterocycles. The van der Waals surface area contributed by atoms with Crippen molar-refractivity contribution < 1.29 is 14.3 Å². The molecule has 0 aliphatic carbocycles. The molecule has 21 heavy (non-hydrogen) atoms. The van der Waals surface area contributed by atoms with E-state index in [-0.39, 0.29) is 18.4 Å². The van der Waals surface area contributed by atoms with Crippen LogP contribution in [0.3, 0.4) is 0 Å². The number of hydrogen-bond acceptors (Lipinski definition) is 3. The zero-order valence-corrected chi connectivity index (χ0v) is 13.2. The highest BCUT2D eigenvalue weighted by molar-refractivity contribution is 6.35. The van der Waals surface area contributed by atoms with Gasteiger partial charge in [0.1, 0.15) is 0 Å². The van der Waals surface area contributed by atoms with E-state index in [2.05, 4.69) is 0 Å². The number of rotatable bonds is 3. The van der Waals surface area contributed by atoms with E-state index in [0.29, 0.717) is 41.9 Å². The number of morpholine rings is 1. The van der Waals surface area contributed by atoms with Crippen molar-refractivity contribution in [1.29, 1.82) is 0 Å². The fourth-order valence-corrected chi connectivity index (χ4v) is 2.61. The Hall–Kier alpha value is -1.30. The van der Waals surface area contributed by atoms with Gasteiger partial charge in [0.25, 0.3) is 5.91 Å². The van der Waals surface area contributed by atoms with Gasteiger partial charge in [-0.2, -0.15) is 0 Å². The third kappa shape index (κ3) is 4.33. The number of likely N-dealkylation sites (N-methyl/N-ethyl adjacent to an activating group) is 1. The summed E-state index contributed by atoms with van der Waals surface area (Å²) >= 11 is 11.8. The largest absolute Gasteiger partial charge is 0.378 e. The predicted octanol–water partition coefficient (Wildman–Crippen LogP) is 1.92. The molecule has 1 aliphatic rings. The van der Waals surface area contributed by atoms with E-state index in [1.165, 1.54) is 17.0 Å². The normalized spacial score (nSPS) is 14.9. The summed E-state index contributed by atoms with van der Waals surface area (Å²) in [4.78, 5) is 27.4. The van der Waals surface area contributed by atoms with E-state index < -0.39 is 0 Å². The van der Waals surface area contributed by atoms with Crippen molar-refractivity contribution in [1.82, 2.24) is 9.80 Å². The number of amides is 2. The second-order valence-corrected chi connectivity index (χ2v) is 5.69. The molecular formula is C14H16Cl2N2O3. The van der Waals surface area contributed by atoms with Crippen LogP contribution in [0.5, 0.6) is 0 Å². The number of nitrogens with zero attached hydrogens (tertiary/aromatic N) is 2. The van der Waals surface area contributed by atoms with Gasteiger partial charge in [0.05, 0.1) is 19.8 Å². The van der Waals surface area contributed by atoms with Crippen molar-refractivity contribution in [3.8, 4) is 0 Å². The van der Waals surface area contributed by atoms with E-state index in [1.54, 1.807) is 18.0 Å². The van der Waals surface area contributed by atoms with Gasteiger partial charge in [0, 0.05) is 35.7 Å². The van der Waals surface area contributed by atoms with Crippen LogP contribution in [0.15, 0.2) is 18.2 Å². The van der Waals surface area contributed by atoms with Gasteiger partial charge < -0.3 is 14.5 Å². The van der Waals surface area contributed by atoms with Crippen molar-refractivity contribution in [3.05, 3.63) is 33.8 Å². The van der Waals surface area contributed by atoms with Crippen molar-refractivity contribution in [2.24, 2.45) is 0 Å². The third-order valence-corrected chi connectivity index (χ3v) is 3.63. The Morgan fingerprint density at radius 2 is 1.76 bits per heavy atom. The van der Waals surface area contributed by atoms with Crippen LogP contribution in [0.1, 0.15) is 10.4 Å². The van der Waals surface area contributed by atoms with Crippen LogP contribution in [0.25, 0.3) is 0 Å². The Labute approximate surface area is 133 Å². The van der Waals surface area contributed by atoms with Gasteiger partial charge in [-0.05, 0) is 18.2 Å². The van der Waals surface area contributed by atoms with Crippen molar-refractivity contribution >= 4 is 35.0 Å². The lowest BCUT2D eigenvalue weighted by Gasteiger charge is -2.28. The van der Waals surface area contributed by atoms with Crippen LogP contribution in [0.2, 0.25) is 10.0 Å².